The number of ether oxygens (including phenoxy) is 1. The summed E-state index contributed by atoms with van der Waals surface area (Å²) in [5.41, 5.74) is 3.38. The van der Waals surface area contributed by atoms with Gasteiger partial charge in [0, 0.05) is 6.08 Å². The van der Waals surface area contributed by atoms with E-state index in [2.05, 4.69) is 27.4 Å². The van der Waals surface area contributed by atoms with E-state index >= 15 is 0 Å². The Morgan fingerprint density at radius 2 is 2.04 bits per heavy atom. The lowest BCUT2D eigenvalue weighted by Crippen LogP contribution is -2.49. The molecule has 0 saturated heterocycles. The minimum atomic E-state index is -0.243. The van der Waals surface area contributed by atoms with Gasteiger partial charge >= 0.3 is 5.97 Å². The van der Waals surface area contributed by atoms with Crippen LogP contribution < -0.4 is 0 Å². The molecule has 0 N–H and O–H groups in total. The van der Waals surface area contributed by atoms with Gasteiger partial charge in [0.1, 0.15) is 0 Å². The van der Waals surface area contributed by atoms with Crippen LogP contribution in [-0.4, -0.2) is 13.1 Å². The van der Waals surface area contributed by atoms with Gasteiger partial charge in [-0.2, -0.15) is 0 Å². The van der Waals surface area contributed by atoms with E-state index in [1.54, 1.807) is 6.08 Å². The van der Waals surface area contributed by atoms with Gasteiger partial charge in [0.2, 0.25) is 0 Å². The van der Waals surface area contributed by atoms with Crippen LogP contribution in [0.2, 0.25) is 0 Å². The van der Waals surface area contributed by atoms with Crippen LogP contribution in [0.15, 0.2) is 23.8 Å². The molecule has 0 bridgehead atoms. The average molecular weight is 319 g/mol. The molecule has 2 saturated carbocycles. The number of carbonyl (C=O) groups excluding carboxylic acids is 1. The molecule has 0 aromatic carbocycles. The number of hydrogen-bond donors (Lipinski definition) is 0. The maximum atomic E-state index is 11.4. The van der Waals surface area contributed by atoms with Crippen molar-refractivity contribution in [2.75, 3.05) is 7.11 Å². The molecular formula is C21H34O2. The van der Waals surface area contributed by atoms with Crippen LogP contribution in [-0.2, 0) is 9.53 Å². The SMILES string of the molecule is C=C1CC[C@@H]2C(C)(C)CCC[C@@]2(C)[C@@H]1CC/C(C)=C/C(=O)OC. The number of esters is 1. The first-order valence-electron chi connectivity index (χ1n) is 9.13. The minimum absolute atomic E-state index is 0.243. The van der Waals surface area contributed by atoms with E-state index < -0.39 is 0 Å². The largest absolute Gasteiger partial charge is 0.466 e. The van der Waals surface area contributed by atoms with Crippen LogP contribution in [0.4, 0.5) is 0 Å². The van der Waals surface area contributed by atoms with Crippen molar-refractivity contribution in [1.82, 2.24) is 0 Å². The Kier molecular flexibility index (Phi) is 5.43. The number of rotatable bonds is 4. The molecule has 2 fully saturated rings. The maximum Gasteiger partial charge on any atom is 0.330 e. The summed E-state index contributed by atoms with van der Waals surface area (Å²) in [5.74, 6) is 1.14. The van der Waals surface area contributed by atoms with Gasteiger partial charge in [0.15, 0.2) is 0 Å². The van der Waals surface area contributed by atoms with Crippen LogP contribution in [0.5, 0.6) is 0 Å². The van der Waals surface area contributed by atoms with Crippen molar-refractivity contribution >= 4 is 5.97 Å². The summed E-state index contributed by atoms with van der Waals surface area (Å²) in [6.45, 7) is 13.9. The molecule has 0 spiro atoms. The Morgan fingerprint density at radius 3 is 2.70 bits per heavy atom. The quantitative estimate of drug-likeness (QED) is 0.378. The van der Waals surface area contributed by atoms with Crippen LogP contribution in [0.25, 0.3) is 0 Å². The van der Waals surface area contributed by atoms with E-state index in [1.165, 1.54) is 44.8 Å². The second-order valence-electron chi connectivity index (χ2n) is 8.70. The molecule has 3 atom stereocenters. The molecule has 0 radical (unpaired) electrons. The van der Waals surface area contributed by atoms with Gasteiger partial charge in [-0.1, -0.05) is 44.9 Å². The fourth-order valence-electron chi connectivity index (χ4n) is 5.51. The number of allylic oxidation sites excluding steroid dienone is 2. The molecule has 130 valence electrons. The van der Waals surface area contributed by atoms with Gasteiger partial charge in [-0.05, 0) is 68.1 Å². The number of hydrogen-bond acceptors (Lipinski definition) is 2. The monoisotopic (exact) mass is 318 g/mol. The Morgan fingerprint density at radius 1 is 1.35 bits per heavy atom. The molecule has 0 aliphatic heterocycles. The van der Waals surface area contributed by atoms with E-state index in [9.17, 15) is 4.79 Å². The van der Waals surface area contributed by atoms with Crippen LogP contribution in [0.1, 0.15) is 72.6 Å². The van der Waals surface area contributed by atoms with Gasteiger partial charge in [0.25, 0.3) is 0 Å². The normalized spacial score (nSPS) is 34.0. The van der Waals surface area contributed by atoms with Crippen molar-refractivity contribution < 1.29 is 9.53 Å². The summed E-state index contributed by atoms with van der Waals surface area (Å²) < 4.78 is 4.73. The van der Waals surface area contributed by atoms with Crippen molar-refractivity contribution in [3.63, 3.8) is 0 Å². The molecule has 2 aliphatic carbocycles. The second-order valence-corrected chi connectivity index (χ2v) is 8.70. The molecule has 2 heteroatoms. The topological polar surface area (TPSA) is 26.3 Å². The summed E-state index contributed by atoms with van der Waals surface area (Å²) in [6.07, 6.45) is 10.2. The fraction of sp³-hybridized carbons (Fsp3) is 0.762. The molecule has 2 nitrogen and oxygen atoms in total. The highest BCUT2D eigenvalue weighted by Gasteiger charge is 2.52. The highest BCUT2D eigenvalue weighted by atomic mass is 16.5. The van der Waals surface area contributed by atoms with Gasteiger partial charge in [0.05, 0.1) is 7.11 Å². The molecule has 2 aliphatic rings. The first kappa shape index (κ1) is 18.3. The fourth-order valence-corrected chi connectivity index (χ4v) is 5.51. The molecule has 2 rings (SSSR count). The highest BCUT2D eigenvalue weighted by Crippen LogP contribution is 2.61. The lowest BCUT2D eigenvalue weighted by atomic mass is 9.47. The molecular weight excluding hydrogens is 284 g/mol. The Hall–Kier alpha value is -1.05. The van der Waals surface area contributed by atoms with Crippen LogP contribution in [0.3, 0.4) is 0 Å². The average Bonchev–Trinajstić information content (AvgIpc) is 2.45. The summed E-state index contributed by atoms with van der Waals surface area (Å²) in [5, 5.41) is 0. The summed E-state index contributed by atoms with van der Waals surface area (Å²) in [6, 6.07) is 0. The molecule has 0 aromatic heterocycles. The molecule has 0 amide bonds. The predicted molar refractivity (Wildman–Crippen MR) is 96.1 cm³/mol. The van der Waals surface area contributed by atoms with E-state index in [0.717, 1.165) is 24.3 Å². The van der Waals surface area contributed by atoms with Crippen molar-refractivity contribution in [1.29, 1.82) is 0 Å². The second kappa shape index (κ2) is 6.83. The van der Waals surface area contributed by atoms with Crippen molar-refractivity contribution in [2.24, 2.45) is 22.7 Å². The Balaban J connectivity index is 2.14. The number of fused-ring (bicyclic) bond motifs is 1. The smallest absolute Gasteiger partial charge is 0.330 e. The lowest BCUT2D eigenvalue weighted by Gasteiger charge is -2.58. The predicted octanol–water partition coefficient (Wildman–Crippen LogP) is 5.68. The summed E-state index contributed by atoms with van der Waals surface area (Å²) in [4.78, 5) is 11.4. The van der Waals surface area contributed by atoms with E-state index in [0.29, 0.717) is 16.7 Å². The molecule has 23 heavy (non-hydrogen) atoms. The standard InChI is InChI=1S/C21H34O2/c1-15(14-19(22)23-6)8-10-17-16(2)9-11-18-20(3,4)12-7-13-21(17,18)5/h14,17-18H,2,7-13H2,1,3-6H3/b15-14+/t17-,18-,21+/m1/s1. The minimum Gasteiger partial charge on any atom is -0.466 e. The third kappa shape index (κ3) is 3.72. The summed E-state index contributed by atoms with van der Waals surface area (Å²) in [7, 11) is 1.44. The molecule has 0 aromatic rings. The Bertz CT molecular complexity index is 500. The Labute approximate surface area is 142 Å². The van der Waals surface area contributed by atoms with Gasteiger partial charge < -0.3 is 4.74 Å². The van der Waals surface area contributed by atoms with Crippen molar-refractivity contribution in [3.05, 3.63) is 23.8 Å². The van der Waals surface area contributed by atoms with Gasteiger partial charge in [-0.15, -0.1) is 0 Å². The number of carbonyl (C=O) groups is 1. The highest BCUT2D eigenvalue weighted by molar-refractivity contribution is 5.82. The summed E-state index contributed by atoms with van der Waals surface area (Å²) >= 11 is 0. The first-order valence-corrected chi connectivity index (χ1v) is 9.13. The zero-order valence-electron chi connectivity index (χ0n) is 15.7. The van der Waals surface area contributed by atoms with Crippen LogP contribution >= 0.6 is 0 Å². The van der Waals surface area contributed by atoms with Gasteiger partial charge in [-0.25, -0.2) is 4.79 Å². The van der Waals surface area contributed by atoms with Crippen molar-refractivity contribution in [3.8, 4) is 0 Å². The van der Waals surface area contributed by atoms with E-state index in [1.807, 2.05) is 6.92 Å². The number of methoxy groups -OCH3 is 1. The maximum absolute atomic E-state index is 11.4. The first-order chi connectivity index (χ1) is 10.7. The third-order valence-corrected chi connectivity index (χ3v) is 6.71. The van der Waals surface area contributed by atoms with Crippen molar-refractivity contribution in [2.45, 2.75) is 72.6 Å². The zero-order chi connectivity index (χ0) is 17.3. The third-order valence-electron chi connectivity index (χ3n) is 6.71. The lowest BCUT2D eigenvalue weighted by molar-refractivity contribution is -0.134. The molecule has 0 heterocycles. The zero-order valence-corrected chi connectivity index (χ0v) is 15.7. The van der Waals surface area contributed by atoms with Gasteiger partial charge in [-0.3, -0.25) is 0 Å². The van der Waals surface area contributed by atoms with E-state index in [-0.39, 0.29) is 5.97 Å². The molecule has 0 unspecified atom stereocenters. The van der Waals surface area contributed by atoms with E-state index in [4.69, 9.17) is 4.74 Å². The van der Waals surface area contributed by atoms with Crippen LogP contribution in [0, 0.1) is 22.7 Å².